The van der Waals surface area contributed by atoms with Gasteiger partial charge in [-0.05, 0) is 42.3 Å². The van der Waals surface area contributed by atoms with Gasteiger partial charge in [0.2, 0.25) is 0 Å². The van der Waals surface area contributed by atoms with Crippen LogP contribution in [0.3, 0.4) is 0 Å². The summed E-state index contributed by atoms with van der Waals surface area (Å²) in [6, 6.07) is 28.2. The molecule has 8 heteroatoms. The van der Waals surface area contributed by atoms with Crippen molar-refractivity contribution in [2.45, 2.75) is 20.1 Å². The van der Waals surface area contributed by atoms with Gasteiger partial charge >= 0.3 is 11.9 Å². The second-order valence-electron chi connectivity index (χ2n) is 8.60. The first-order valence-corrected chi connectivity index (χ1v) is 12.7. The predicted molar refractivity (Wildman–Crippen MR) is 150 cm³/mol. The quantitative estimate of drug-likeness (QED) is 0.231. The third-order valence-corrected chi connectivity index (χ3v) is 5.88. The number of para-hydroxylation sites is 1. The molecule has 1 N–H and O–H groups in total. The van der Waals surface area contributed by atoms with Crippen LogP contribution in [0.4, 0.5) is 5.69 Å². The van der Waals surface area contributed by atoms with Crippen LogP contribution >= 0.6 is 0 Å². The molecule has 4 aromatic rings. The van der Waals surface area contributed by atoms with Crippen LogP contribution in [0.2, 0.25) is 0 Å². The number of anilines is 1. The van der Waals surface area contributed by atoms with Crippen LogP contribution in [0, 0.1) is 0 Å². The highest BCUT2D eigenvalue weighted by Crippen LogP contribution is 2.32. The first-order chi connectivity index (χ1) is 19.5. The Hall–Kier alpha value is -5.11. The molecule has 40 heavy (non-hydrogen) atoms. The monoisotopic (exact) mass is 539 g/mol. The largest absolute Gasteiger partial charge is 0.488 e. The molecule has 8 nitrogen and oxygen atoms in total. The highest BCUT2D eigenvalue weighted by molar-refractivity contribution is 6.10. The Morgan fingerprint density at radius 1 is 0.650 bits per heavy atom. The van der Waals surface area contributed by atoms with Crippen molar-refractivity contribution in [1.82, 2.24) is 0 Å². The van der Waals surface area contributed by atoms with Gasteiger partial charge in [0.15, 0.2) is 0 Å². The van der Waals surface area contributed by atoms with Crippen molar-refractivity contribution >= 4 is 23.5 Å². The molecule has 0 heterocycles. The van der Waals surface area contributed by atoms with Crippen LogP contribution in [-0.4, -0.2) is 31.6 Å². The maximum absolute atomic E-state index is 13.6. The maximum Gasteiger partial charge on any atom is 0.342 e. The fraction of sp³-hybridized carbons (Fsp3) is 0.156. The van der Waals surface area contributed by atoms with E-state index in [1.54, 1.807) is 31.2 Å². The van der Waals surface area contributed by atoms with Crippen LogP contribution in [0.5, 0.6) is 11.5 Å². The fourth-order valence-corrected chi connectivity index (χ4v) is 3.88. The zero-order chi connectivity index (χ0) is 28.3. The highest BCUT2D eigenvalue weighted by Gasteiger charge is 2.24. The predicted octanol–water partition coefficient (Wildman–Crippen LogP) is 6.06. The normalized spacial score (nSPS) is 10.3. The Morgan fingerprint density at radius 3 is 1.75 bits per heavy atom. The lowest BCUT2D eigenvalue weighted by Gasteiger charge is -2.18. The van der Waals surface area contributed by atoms with Crippen molar-refractivity contribution in [3.05, 3.63) is 125 Å². The van der Waals surface area contributed by atoms with Crippen molar-refractivity contribution in [3.63, 3.8) is 0 Å². The molecule has 0 aliphatic carbocycles. The smallest absolute Gasteiger partial charge is 0.342 e. The average Bonchev–Trinajstić information content (AvgIpc) is 2.99. The Labute approximate surface area is 232 Å². The van der Waals surface area contributed by atoms with Crippen molar-refractivity contribution in [2.75, 3.05) is 19.0 Å². The number of amides is 1. The number of benzene rings is 4. The van der Waals surface area contributed by atoms with Gasteiger partial charge in [0, 0.05) is 0 Å². The summed E-state index contributed by atoms with van der Waals surface area (Å²) in [4.78, 5) is 38.8. The van der Waals surface area contributed by atoms with E-state index in [1.165, 1.54) is 19.2 Å². The summed E-state index contributed by atoms with van der Waals surface area (Å²) in [7, 11) is 1.26. The van der Waals surface area contributed by atoms with Gasteiger partial charge in [0.05, 0.1) is 30.5 Å². The molecule has 0 aliphatic rings. The van der Waals surface area contributed by atoms with Gasteiger partial charge in [-0.15, -0.1) is 0 Å². The number of esters is 2. The molecule has 0 spiro atoms. The molecule has 1 amide bonds. The first kappa shape index (κ1) is 27.9. The van der Waals surface area contributed by atoms with Crippen molar-refractivity contribution in [2.24, 2.45) is 0 Å². The van der Waals surface area contributed by atoms with Crippen LogP contribution < -0.4 is 14.8 Å². The van der Waals surface area contributed by atoms with Crippen LogP contribution in [0.1, 0.15) is 49.1 Å². The standard InChI is InChI=1S/C32H29NO7/c1-3-38-32(36)26-19-28(39-20-22-12-6-4-7-13-22)25(18-29(26)40-21-23-14-8-5-9-15-23)30(34)33-27-17-11-10-16-24(27)31(35)37-2/h4-19H,3,20-21H2,1-2H3,(H,33,34). The summed E-state index contributed by atoms with van der Waals surface area (Å²) in [6.45, 7) is 2.16. The average molecular weight is 540 g/mol. The van der Waals surface area contributed by atoms with Crippen molar-refractivity contribution in [1.29, 1.82) is 0 Å². The number of nitrogens with one attached hydrogen (secondary N) is 1. The van der Waals surface area contributed by atoms with Crippen LogP contribution in [-0.2, 0) is 22.7 Å². The zero-order valence-corrected chi connectivity index (χ0v) is 22.2. The van der Waals surface area contributed by atoms with Gasteiger partial charge in [-0.1, -0.05) is 72.8 Å². The minimum atomic E-state index is -0.613. The Bertz CT molecular complexity index is 1470. The summed E-state index contributed by atoms with van der Waals surface area (Å²) in [5.74, 6) is -1.48. The molecular formula is C32H29NO7. The number of hydrogen-bond acceptors (Lipinski definition) is 7. The van der Waals surface area contributed by atoms with Gasteiger partial charge < -0.3 is 24.3 Å². The summed E-state index contributed by atoms with van der Waals surface area (Å²) in [6.07, 6.45) is 0. The molecule has 4 aromatic carbocycles. The van der Waals surface area contributed by atoms with E-state index < -0.39 is 17.8 Å². The molecule has 0 unspecified atom stereocenters. The summed E-state index contributed by atoms with van der Waals surface area (Å²) in [5.41, 5.74) is 2.41. The number of methoxy groups -OCH3 is 1. The molecule has 4 rings (SSSR count). The fourth-order valence-electron chi connectivity index (χ4n) is 3.88. The number of carbonyl (C=O) groups is 3. The van der Waals surface area contributed by atoms with Gasteiger partial charge in [-0.3, -0.25) is 4.79 Å². The van der Waals surface area contributed by atoms with Crippen molar-refractivity contribution in [3.8, 4) is 11.5 Å². The Morgan fingerprint density at radius 2 is 1.18 bits per heavy atom. The second kappa shape index (κ2) is 13.6. The molecule has 0 bridgehead atoms. The lowest BCUT2D eigenvalue weighted by Crippen LogP contribution is -2.18. The third kappa shape index (κ3) is 7.05. The number of ether oxygens (including phenoxy) is 4. The van der Waals surface area contributed by atoms with E-state index >= 15 is 0 Å². The van der Waals surface area contributed by atoms with E-state index in [-0.39, 0.29) is 53.7 Å². The molecule has 0 saturated carbocycles. The van der Waals surface area contributed by atoms with E-state index in [1.807, 2.05) is 60.7 Å². The summed E-state index contributed by atoms with van der Waals surface area (Å²) >= 11 is 0. The van der Waals surface area contributed by atoms with Gasteiger partial charge in [-0.25, -0.2) is 9.59 Å². The van der Waals surface area contributed by atoms with Gasteiger partial charge in [0.25, 0.3) is 5.91 Å². The molecular weight excluding hydrogens is 510 g/mol. The molecule has 0 saturated heterocycles. The maximum atomic E-state index is 13.6. The minimum Gasteiger partial charge on any atom is -0.488 e. The summed E-state index contributed by atoms with van der Waals surface area (Å²) < 4.78 is 22.2. The van der Waals surface area contributed by atoms with E-state index in [9.17, 15) is 14.4 Å². The second-order valence-corrected chi connectivity index (χ2v) is 8.60. The number of hydrogen-bond donors (Lipinski definition) is 1. The third-order valence-electron chi connectivity index (χ3n) is 5.88. The lowest BCUT2D eigenvalue weighted by molar-refractivity contribution is 0.0519. The van der Waals surface area contributed by atoms with E-state index in [0.29, 0.717) is 0 Å². The summed E-state index contributed by atoms with van der Waals surface area (Å²) in [5, 5.41) is 2.76. The molecule has 0 aromatic heterocycles. The Balaban J connectivity index is 1.74. The number of carbonyl (C=O) groups excluding carboxylic acids is 3. The van der Waals surface area contributed by atoms with Gasteiger partial charge in [0.1, 0.15) is 30.3 Å². The Kier molecular flexibility index (Phi) is 9.50. The van der Waals surface area contributed by atoms with E-state index in [4.69, 9.17) is 18.9 Å². The van der Waals surface area contributed by atoms with Crippen LogP contribution in [0.15, 0.2) is 97.1 Å². The van der Waals surface area contributed by atoms with Crippen molar-refractivity contribution < 1.29 is 33.3 Å². The van der Waals surface area contributed by atoms with E-state index in [0.717, 1.165) is 11.1 Å². The highest BCUT2D eigenvalue weighted by atomic mass is 16.5. The minimum absolute atomic E-state index is 0.103. The molecule has 204 valence electrons. The van der Waals surface area contributed by atoms with Gasteiger partial charge in [-0.2, -0.15) is 0 Å². The molecule has 0 fully saturated rings. The topological polar surface area (TPSA) is 100 Å². The SMILES string of the molecule is CCOC(=O)c1cc(OCc2ccccc2)c(C(=O)Nc2ccccc2C(=O)OC)cc1OCc1ccccc1. The first-order valence-electron chi connectivity index (χ1n) is 12.7. The zero-order valence-electron chi connectivity index (χ0n) is 22.2. The molecule has 0 aliphatic heterocycles. The van der Waals surface area contributed by atoms with E-state index in [2.05, 4.69) is 5.32 Å². The molecule has 0 atom stereocenters. The number of rotatable bonds is 11. The molecule has 0 radical (unpaired) electrons. The lowest BCUT2D eigenvalue weighted by atomic mass is 10.1. The van der Waals surface area contributed by atoms with Crippen LogP contribution in [0.25, 0.3) is 0 Å².